The summed E-state index contributed by atoms with van der Waals surface area (Å²) in [5.74, 6) is 0. The smallest absolute Gasteiger partial charge is 0.317 e. The molecule has 1 aromatic carbocycles. The molecule has 1 aliphatic rings. The van der Waals surface area contributed by atoms with Gasteiger partial charge in [0.15, 0.2) is 0 Å². The van der Waals surface area contributed by atoms with Crippen LogP contribution in [0.5, 0.6) is 0 Å². The van der Waals surface area contributed by atoms with E-state index in [4.69, 9.17) is 0 Å². The van der Waals surface area contributed by atoms with Crippen LogP contribution in [0.4, 0.5) is 4.79 Å². The molecule has 2 rings (SSSR count). The zero-order chi connectivity index (χ0) is 12.4. The maximum absolute atomic E-state index is 11.7. The molecule has 0 radical (unpaired) electrons. The van der Waals surface area contributed by atoms with Gasteiger partial charge in [-0.05, 0) is 32.8 Å². The van der Waals surface area contributed by atoms with Crippen LogP contribution in [0.1, 0.15) is 25.0 Å². The number of hydrogen-bond acceptors (Lipinski definition) is 1. The van der Waals surface area contributed by atoms with Gasteiger partial charge in [0.25, 0.3) is 0 Å². The summed E-state index contributed by atoms with van der Waals surface area (Å²) in [6.07, 6.45) is 0.912. The fourth-order valence-corrected chi connectivity index (χ4v) is 2.19. The molecule has 1 N–H and O–H groups in total. The van der Waals surface area contributed by atoms with Gasteiger partial charge in [-0.15, -0.1) is 0 Å². The lowest BCUT2D eigenvalue weighted by molar-refractivity contribution is 0.206. The second-order valence-corrected chi connectivity index (χ2v) is 5.08. The molecule has 1 heterocycles. The first-order chi connectivity index (χ1) is 8.06. The van der Waals surface area contributed by atoms with Crippen molar-refractivity contribution in [2.24, 2.45) is 0 Å². The molecule has 0 aromatic heterocycles. The molecule has 1 atom stereocenters. The van der Waals surface area contributed by atoms with E-state index < -0.39 is 0 Å². The summed E-state index contributed by atoms with van der Waals surface area (Å²) in [4.78, 5) is 13.6. The van der Waals surface area contributed by atoms with E-state index in [-0.39, 0.29) is 18.1 Å². The highest BCUT2D eigenvalue weighted by atomic mass is 16.2. The molecule has 3 heteroatoms. The van der Waals surface area contributed by atoms with Crippen LogP contribution in [-0.2, 0) is 6.42 Å². The number of carbonyl (C=O) groups excluding carboxylic acids is 1. The zero-order valence-corrected chi connectivity index (χ0v) is 10.7. The number of carbonyl (C=O) groups is 1. The van der Waals surface area contributed by atoms with E-state index >= 15 is 0 Å². The number of aryl methyl sites for hydroxylation is 1. The van der Waals surface area contributed by atoms with Gasteiger partial charge in [0.2, 0.25) is 0 Å². The second kappa shape index (κ2) is 4.78. The van der Waals surface area contributed by atoms with Crippen LogP contribution in [0.25, 0.3) is 0 Å². The molecular weight excluding hydrogens is 212 g/mol. The molecule has 0 spiro atoms. The first-order valence-corrected chi connectivity index (χ1v) is 6.19. The van der Waals surface area contributed by atoms with Crippen molar-refractivity contribution in [1.29, 1.82) is 0 Å². The summed E-state index contributed by atoms with van der Waals surface area (Å²) < 4.78 is 0. The standard InChI is InChI=1S/C14H20N2O/c1-10(2)16-9-13(15-14(16)17)8-12-6-4-11(3)5-7-12/h4-7,10,13H,8-9H2,1-3H3,(H,15,17)/t13-/m1/s1. The molecule has 3 nitrogen and oxygen atoms in total. The predicted molar refractivity (Wildman–Crippen MR) is 69.0 cm³/mol. The first kappa shape index (κ1) is 12.0. The fourth-order valence-electron chi connectivity index (χ4n) is 2.19. The van der Waals surface area contributed by atoms with Crippen molar-refractivity contribution in [2.75, 3.05) is 6.54 Å². The highest BCUT2D eigenvalue weighted by Gasteiger charge is 2.29. The molecule has 1 fully saturated rings. The quantitative estimate of drug-likeness (QED) is 0.852. The van der Waals surface area contributed by atoms with Crippen molar-refractivity contribution in [3.63, 3.8) is 0 Å². The summed E-state index contributed by atoms with van der Waals surface area (Å²) in [6, 6.07) is 9.10. The van der Waals surface area contributed by atoms with Crippen LogP contribution in [0.15, 0.2) is 24.3 Å². The monoisotopic (exact) mass is 232 g/mol. The van der Waals surface area contributed by atoms with Gasteiger partial charge < -0.3 is 10.2 Å². The van der Waals surface area contributed by atoms with Crippen LogP contribution < -0.4 is 5.32 Å². The van der Waals surface area contributed by atoms with Crippen LogP contribution in [-0.4, -0.2) is 29.6 Å². The highest BCUT2D eigenvalue weighted by molar-refractivity contribution is 5.77. The van der Waals surface area contributed by atoms with Gasteiger partial charge in [0.1, 0.15) is 0 Å². The lowest BCUT2D eigenvalue weighted by Crippen LogP contribution is -2.33. The summed E-state index contributed by atoms with van der Waals surface area (Å²) >= 11 is 0. The molecule has 0 aliphatic carbocycles. The van der Waals surface area contributed by atoms with Crippen molar-refractivity contribution in [3.05, 3.63) is 35.4 Å². The van der Waals surface area contributed by atoms with E-state index in [0.29, 0.717) is 0 Å². The summed E-state index contributed by atoms with van der Waals surface area (Å²) in [6.45, 7) is 6.99. The Labute approximate surface area is 103 Å². The van der Waals surface area contributed by atoms with Gasteiger partial charge in [-0.3, -0.25) is 0 Å². The summed E-state index contributed by atoms with van der Waals surface area (Å²) in [5, 5.41) is 3.04. The van der Waals surface area contributed by atoms with Gasteiger partial charge in [-0.25, -0.2) is 4.79 Å². The van der Waals surface area contributed by atoms with E-state index in [2.05, 4.69) is 36.5 Å². The Morgan fingerprint density at radius 3 is 2.53 bits per heavy atom. The lowest BCUT2D eigenvalue weighted by atomic mass is 10.0. The SMILES string of the molecule is Cc1ccc(C[C@@H]2CN(C(C)C)C(=O)N2)cc1. The number of urea groups is 1. The van der Waals surface area contributed by atoms with E-state index in [1.54, 1.807) is 0 Å². The van der Waals surface area contributed by atoms with Gasteiger partial charge in [0.05, 0.1) is 6.04 Å². The Bertz CT molecular complexity index is 397. The van der Waals surface area contributed by atoms with Gasteiger partial charge in [-0.1, -0.05) is 29.8 Å². The van der Waals surface area contributed by atoms with Crippen molar-refractivity contribution in [2.45, 2.75) is 39.3 Å². The van der Waals surface area contributed by atoms with Gasteiger partial charge in [0, 0.05) is 12.6 Å². The van der Waals surface area contributed by atoms with Gasteiger partial charge in [-0.2, -0.15) is 0 Å². The van der Waals surface area contributed by atoms with Crippen molar-refractivity contribution < 1.29 is 4.79 Å². The third-order valence-electron chi connectivity index (χ3n) is 3.23. The Kier molecular flexibility index (Phi) is 3.36. The van der Waals surface area contributed by atoms with Crippen LogP contribution >= 0.6 is 0 Å². The third-order valence-corrected chi connectivity index (χ3v) is 3.23. The minimum Gasteiger partial charge on any atom is -0.333 e. The molecule has 92 valence electrons. The molecule has 0 saturated carbocycles. The van der Waals surface area contributed by atoms with Crippen molar-refractivity contribution in [1.82, 2.24) is 10.2 Å². The largest absolute Gasteiger partial charge is 0.333 e. The maximum Gasteiger partial charge on any atom is 0.317 e. The summed E-state index contributed by atoms with van der Waals surface area (Å²) in [7, 11) is 0. The number of rotatable bonds is 3. The highest BCUT2D eigenvalue weighted by Crippen LogP contribution is 2.13. The third kappa shape index (κ3) is 2.78. The normalized spacial score (nSPS) is 19.9. The Balaban J connectivity index is 1.97. The molecule has 1 aromatic rings. The van der Waals surface area contributed by atoms with Crippen LogP contribution in [0.3, 0.4) is 0 Å². The number of amides is 2. The fraction of sp³-hybridized carbons (Fsp3) is 0.500. The molecule has 17 heavy (non-hydrogen) atoms. The van der Waals surface area contributed by atoms with Gasteiger partial charge >= 0.3 is 6.03 Å². The van der Waals surface area contributed by atoms with E-state index in [1.807, 2.05) is 18.7 Å². The maximum atomic E-state index is 11.7. The van der Waals surface area contributed by atoms with Crippen molar-refractivity contribution in [3.8, 4) is 0 Å². The zero-order valence-electron chi connectivity index (χ0n) is 10.7. The van der Waals surface area contributed by atoms with Crippen LogP contribution in [0.2, 0.25) is 0 Å². The number of hydrogen-bond donors (Lipinski definition) is 1. The molecule has 0 unspecified atom stereocenters. The topological polar surface area (TPSA) is 32.3 Å². The molecule has 1 aliphatic heterocycles. The Morgan fingerprint density at radius 2 is 2.00 bits per heavy atom. The predicted octanol–water partition coefficient (Wildman–Crippen LogP) is 2.34. The Morgan fingerprint density at radius 1 is 1.35 bits per heavy atom. The molecule has 0 bridgehead atoms. The average molecular weight is 232 g/mol. The number of benzene rings is 1. The lowest BCUT2D eigenvalue weighted by Gasteiger charge is -2.18. The Hall–Kier alpha value is -1.51. The van der Waals surface area contributed by atoms with E-state index in [0.717, 1.165) is 13.0 Å². The number of nitrogens with zero attached hydrogens (tertiary/aromatic N) is 1. The van der Waals surface area contributed by atoms with E-state index in [9.17, 15) is 4.79 Å². The van der Waals surface area contributed by atoms with Crippen molar-refractivity contribution >= 4 is 6.03 Å². The molecule has 1 saturated heterocycles. The second-order valence-electron chi connectivity index (χ2n) is 5.08. The minimum absolute atomic E-state index is 0.0668. The molecule has 2 amide bonds. The van der Waals surface area contributed by atoms with Crippen LogP contribution in [0, 0.1) is 6.92 Å². The number of nitrogens with one attached hydrogen (secondary N) is 1. The average Bonchev–Trinajstić information content (AvgIpc) is 2.63. The first-order valence-electron chi connectivity index (χ1n) is 6.19. The minimum atomic E-state index is 0.0668. The summed E-state index contributed by atoms with van der Waals surface area (Å²) in [5.41, 5.74) is 2.56. The molecular formula is C14H20N2O. The van der Waals surface area contributed by atoms with E-state index in [1.165, 1.54) is 11.1 Å².